The maximum atomic E-state index is 11.5. The van der Waals surface area contributed by atoms with Crippen molar-refractivity contribution in [2.45, 2.75) is 32.9 Å². The summed E-state index contributed by atoms with van der Waals surface area (Å²) >= 11 is 0. The molecule has 2 heterocycles. The summed E-state index contributed by atoms with van der Waals surface area (Å²) in [5.74, 6) is -0.284. The Bertz CT molecular complexity index is 1160. The van der Waals surface area contributed by atoms with E-state index in [1.54, 1.807) is 6.07 Å². The zero-order valence-corrected chi connectivity index (χ0v) is 18.1. The number of benzene rings is 2. The molecule has 2 aromatic carbocycles. The van der Waals surface area contributed by atoms with Crippen LogP contribution in [0.15, 0.2) is 48.5 Å². The Balaban J connectivity index is 1.49. The number of amides is 1. The number of para-hydroxylation sites is 1. The van der Waals surface area contributed by atoms with Crippen LogP contribution in [0.1, 0.15) is 29.7 Å². The van der Waals surface area contributed by atoms with Crippen LogP contribution in [-0.4, -0.2) is 33.8 Å². The molecule has 1 aliphatic heterocycles. The van der Waals surface area contributed by atoms with Crippen LogP contribution in [0.5, 0.6) is 0 Å². The SMILES string of the molecule is Cc1cc(NCc2cccc(CN3CCCC(C(N)=O)C3)c2)c2cccc([N+](=O)[O-])c2n1. The Kier molecular flexibility index (Phi) is 6.32. The summed E-state index contributed by atoms with van der Waals surface area (Å²) in [5.41, 5.74) is 9.73. The fourth-order valence-corrected chi connectivity index (χ4v) is 4.38. The highest BCUT2D eigenvalue weighted by molar-refractivity contribution is 5.96. The van der Waals surface area contributed by atoms with Crippen LogP contribution in [0.25, 0.3) is 10.9 Å². The van der Waals surface area contributed by atoms with Crippen molar-refractivity contribution in [1.29, 1.82) is 0 Å². The monoisotopic (exact) mass is 433 g/mol. The Morgan fingerprint density at radius 3 is 2.81 bits per heavy atom. The summed E-state index contributed by atoms with van der Waals surface area (Å²) in [6, 6.07) is 15.2. The lowest BCUT2D eigenvalue weighted by molar-refractivity contribution is -0.383. The van der Waals surface area contributed by atoms with Gasteiger partial charge in [0.1, 0.15) is 0 Å². The van der Waals surface area contributed by atoms with Crippen molar-refractivity contribution in [2.24, 2.45) is 11.7 Å². The topological polar surface area (TPSA) is 114 Å². The molecule has 1 fully saturated rings. The van der Waals surface area contributed by atoms with E-state index in [9.17, 15) is 14.9 Å². The number of primary amides is 1. The number of nitro benzene ring substituents is 1. The molecule has 166 valence electrons. The molecule has 1 aliphatic rings. The van der Waals surface area contributed by atoms with Gasteiger partial charge >= 0.3 is 0 Å². The number of nitro groups is 1. The number of rotatable bonds is 7. The number of fused-ring (bicyclic) bond motifs is 1. The van der Waals surface area contributed by atoms with Gasteiger partial charge in [0.05, 0.1) is 10.8 Å². The number of anilines is 1. The number of likely N-dealkylation sites (tertiary alicyclic amines) is 1. The van der Waals surface area contributed by atoms with E-state index in [0.29, 0.717) is 18.6 Å². The van der Waals surface area contributed by atoms with Gasteiger partial charge < -0.3 is 11.1 Å². The first-order valence-electron chi connectivity index (χ1n) is 10.8. The third-order valence-corrected chi connectivity index (χ3v) is 5.93. The minimum atomic E-state index is -0.397. The van der Waals surface area contributed by atoms with Gasteiger partial charge in [-0.3, -0.25) is 19.8 Å². The van der Waals surface area contributed by atoms with Crippen molar-refractivity contribution < 1.29 is 9.72 Å². The number of pyridine rings is 1. The number of nitrogens with zero attached hydrogens (tertiary/aromatic N) is 3. The van der Waals surface area contributed by atoms with Crippen molar-refractivity contribution in [1.82, 2.24) is 9.88 Å². The second-order valence-corrected chi connectivity index (χ2v) is 8.39. The van der Waals surface area contributed by atoms with Gasteiger partial charge in [-0.25, -0.2) is 4.98 Å². The maximum absolute atomic E-state index is 11.5. The predicted octanol–water partition coefficient (Wildman–Crippen LogP) is 3.76. The van der Waals surface area contributed by atoms with E-state index in [-0.39, 0.29) is 17.5 Å². The van der Waals surface area contributed by atoms with Crippen molar-refractivity contribution in [3.63, 3.8) is 0 Å². The number of non-ortho nitro benzene ring substituents is 1. The lowest BCUT2D eigenvalue weighted by Gasteiger charge is -2.31. The molecule has 0 aliphatic carbocycles. The van der Waals surface area contributed by atoms with Gasteiger partial charge in [-0.15, -0.1) is 0 Å². The number of piperidine rings is 1. The first-order valence-corrected chi connectivity index (χ1v) is 10.8. The van der Waals surface area contributed by atoms with Gasteiger partial charge in [-0.2, -0.15) is 0 Å². The van der Waals surface area contributed by atoms with Crippen LogP contribution in [0.4, 0.5) is 11.4 Å². The zero-order valence-electron chi connectivity index (χ0n) is 18.1. The molecule has 8 heteroatoms. The van der Waals surface area contributed by atoms with Crippen molar-refractivity contribution in [3.8, 4) is 0 Å². The van der Waals surface area contributed by atoms with E-state index in [4.69, 9.17) is 5.73 Å². The van der Waals surface area contributed by atoms with Gasteiger partial charge in [0.15, 0.2) is 5.52 Å². The summed E-state index contributed by atoms with van der Waals surface area (Å²) in [7, 11) is 0. The number of aryl methyl sites for hydroxylation is 1. The van der Waals surface area contributed by atoms with Crippen molar-refractivity contribution in [2.75, 3.05) is 18.4 Å². The quantitative estimate of drug-likeness (QED) is 0.433. The molecule has 0 radical (unpaired) electrons. The molecular weight excluding hydrogens is 406 g/mol. The molecule has 32 heavy (non-hydrogen) atoms. The molecule has 0 bridgehead atoms. The number of hydrogen-bond acceptors (Lipinski definition) is 6. The molecule has 0 saturated carbocycles. The van der Waals surface area contributed by atoms with Crippen LogP contribution in [0.2, 0.25) is 0 Å². The highest BCUT2D eigenvalue weighted by Crippen LogP contribution is 2.30. The van der Waals surface area contributed by atoms with E-state index in [1.807, 2.05) is 25.1 Å². The minimum absolute atomic E-state index is 0.00652. The van der Waals surface area contributed by atoms with E-state index in [0.717, 1.165) is 48.3 Å². The number of nitrogens with one attached hydrogen (secondary N) is 1. The van der Waals surface area contributed by atoms with Crippen LogP contribution < -0.4 is 11.1 Å². The average molecular weight is 434 g/mol. The van der Waals surface area contributed by atoms with E-state index in [2.05, 4.69) is 33.4 Å². The third-order valence-electron chi connectivity index (χ3n) is 5.93. The first kappa shape index (κ1) is 21.7. The molecule has 0 spiro atoms. The smallest absolute Gasteiger partial charge is 0.295 e. The fourth-order valence-electron chi connectivity index (χ4n) is 4.38. The Morgan fingerprint density at radius 2 is 2.03 bits per heavy atom. The summed E-state index contributed by atoms with van der Waals surface area (Å²) < 4.78 is 0. The van der Waals surface area contributed by atoms with Crippen LogP contribution in [-0.2, 0) is 17.9 Å². The summed E-state index contributed by atoms with van der Waals surface area (Å²) in [6.45, 7) is 4.87. The fraction of sp³-hybridized carbons (Fsp3) is 0.333. The zero-order chi connectivity index (χ0) is 22.7. The number of nitrogens with two attached hydrogens (primary N) is 1. The van der Waals surface area contributed by atoms with Crippen LogP contribution in [0, 0.1) is 23.0 Å². The highest BCUT2D eigenvalue weighted by atomic mass is 16.6. The Hall–Kier alpha value is -3.52. The van der Waals surface area contributed by atoms with Gasteiger partial charge in [0.25, 0.3) is 5.69 Å². The summed E-state index contributed by atoms with van der Waals surface area (Å²) in [4.78, 5) is 29.2. The molecule has 3 N–H and O–H groups in total. The van der Waals surface area contributed by atoms with E-state index in [1.165, 1.54) is 11.6 Å². The van der Waals surface area contributed by atoms with Crippen LogP contribution >= 0.6 is 0 Å². The lowest BCUT2D eigenvalue weighted by Crippen LogP contribution is -2.40. The van der Waals surface area contributed by atoms with Crippen molar-refractivity contribution >= 4 is 28.2 Å². The maximum Gasteiger partial charge on any atom is 0.295 e. The lowest BCUT2D eigenvalue weighted by atomic mass is 9.97. The van der Waals surface area contributed by atoms with Gasteiger partial charge in [-0.1, -0.05) is 36.4 Å². The van der Waals surface area contributed by atoms with E-state index < -0.39 is 4.92 Å². The molecule has 1 saturated heterocycles. The number of carbonyl (C=O) groups excluding carboxylic acids is 1. The molecule has 1 amide bonds. The molecule has 1 aromatic heterocycles. The van der Waals surface area contributed by atoms with Crippen LogP contribution in [0.3, 0.4) is 0 Å². The summed E-state index contributed by atoms with van der Waals surface area (Å²) in [5, 5.41) is 15.5. The predicted molar refractivity (Wildman–Crippen MR) is 124 cm³/mol. The molecule has 8 nitrogen and oxygen atoms in total. The second-order valence-electron chi connectivity index (χ2n) is 8.39. The first-order chi connectivity index (χ1) is 15.4. The average Bonchev–Trinajstić information content (AvgIpc) is 2.77. The largest absolute Gasteiger partial charge is 0.380 e. The second kappa shape index (κ2) is 9.32. The van der Waals surface area contributed by atoms with E-state index >= 15 is 0 Å². The summed E-state index contributed by atoms with van der Waals surface area (Å²) in [6.07, 6.45) is 1.85. The molecule has 1 atom stereocenters. The van der Waals surface area contributed by atoms with Gasteiger partial charge in [0, 0.05) is 42.5 Å². The Labute approximate surface area is 186 Å². The van der Waals surface area contributed by atoms with Gasteiger partial charge in [0.2, 0.25) is 5.91 Å². The molecule has 4 rings (SSSR count). The number of carbonyl (C=O) groups is 1. The van der Waals surface area contributed by atoms with Crippen molar-refractivity contribution in [3.05, 3.63) is 75.5 Å². The number of aromatic nitrogens is 1. The third kappa shape index (κ3) is 4.86. The number of hydrogen-bond donors (Lipinski definition) is 2. The molecule has 1 unspecified atom stereocenters. The molecule has 3 aromatic rings. The molecular formula is C24H27N5O3. The van der Waals surface area contributed by atoms with Gasteiger partial charge in [-0.05, 0) is 43.5 Å². The standard InChI is InChI=1S/C24H27N5O3/c1-16-11-21(20-8-3-9-22(29(31)32)23(20)27-16)26-13-17-5-2-6-18(12-17)14-28-10-4-7-19(15-28)24(25)30/h2-3,5-6,8-9,11-12,19H,4,7,10,13-15H2,1H3,(H2,25,30)(H,26,27). The Morgan fingerprint density at radius 1 is 1.25 bits per heavy atom. The normalized spacial score (nSPS) is 16.7. The highest BCUT2D eigenvalue weighted by Gasteiger charge is 2.23. The minimum Gasteiger partial charge on any atom is -0.380 e.